The van der Waals surface area contributed by atoms with Crippen molar-refractivity contribution in [1.82, 2.24) is 0 Å². The number of rotatable bonds is 31. The van der Waals surface area contributed by atoms with Gasteiger partial charge in [-0.25, -0.2) is 0 Å². The van der Waals surface area contributed by atoms with E-state index < -0.39 is 0 Å². The van der Waals surface area contributed by atoms with Crippen LogP contribution in [-0.4, -0.2) is 15.3 Å². The SMILES string of the molecule is CCCCCCCCCCc1ccc(O)c(Cc2cc(CCCCCCCCCC)cc(Cc3cc(CCCCCCCCCC)ccc3O)c2O)c1. The molecule has 3 heteroatoms. The van der Waals surface area contributed by atoms with E-state index in [4.69, 9.17) is 0 Å². The maximum Gasteiger partial charge on any atom is 0.122 e. The van der Waals surface area contributed by atoms with Crippen molar-refractivity contribution in [2.45, 2.75) is 207 Å². The molecule has 296 valence electrons. The lowest BCUT2D eigenvalue weighted by Gasteiger charge is -2.16. The Kier molecular flexibility index (Phi) is 23.2. The highest BCUT2D eigenvalue weighted by molar-refractivity contribution is 5.51. The summed E-state index contributed by atoms with van der Waals surface area (Å²) < 4.78 is 0. The van der Waals surface area contributed by atoms with E-state index in [2.05, 4.69) is 57.2 Å². The van der Waals surface area contributed by atoms with Crippen molar-refractivity contribution < 1.29 is 15.3 Å². The predicted octanol–water partition coefficient (Wildman–Crippen LogP) is 15.0. The molecule has 0 amide bonds. The van der Waals surface area contributed by atoms with Gasteiger partial charge in [0.1, 0.15) is 17.2 Å². The third kappa shape index (κ3) is 18.3. The zero-order valence-corrected chi connectivity index (χ0v) is 34.5. The van der Waals surface area contributed by atoms with Crippen molar-refractivity contribution in [1.29, 1.82) is 0 Å². The van der Waals surface area contributed by atoms with Crippen LogP contribution in [0.1, 0.15) is 214 Å². The molecule has 3 nitrogen and oxygen atoms in total. The summed E-state index contributed by atoms with van der Waals surface area (Å²) >= 11 is 0. The third-order valence-electron chi connectivity index (χ3n) is 11.3. The summed E-state index contributed by atoms with van der Waals surface area (Å²) in [4.78, 5) is 0. The Bertz CT molecular complexity index is 1300. The highest BCUT2D eigenvalue weighted by Gasteiger charge is 2.16. The Labute approximate surface area is 326 Å². The fourth-order valence-corrected chi connectivity index (χ4v) is 7.92. The molecule has 3 rings (SSSR count). The summed E-state index contributed by atoms with van der Waals surface area (Å²) in [6.07, 6.45) is 35.1. The Morgan fingerprint density at radius 2 is 0.604 bits per heavy atom. The van der Waals surface area contributed by atoms with Gasteiger partial charge in [0.05, 0.1) is 0 Å². The van der Waals surface area contributed by atoms with Gasteiger partial charge in [0.25, 0.3) is 0 Å². The monoisotopic (exact) mass is 727 g/mol. The predicted molar refractivity (Wildman–Crippen MR) is 229 cm³/mol. The molecule has 0 bridgehead atoms. The van der Waals surface area contributed by atoms with Crippen LogP contribution >= 0.6 is 0 Å². The number of hydrogen-bond acceptors (Lipinski definition) is 3. The minimum Gasteiger partial charge on any atom is -0.508 e. The van der Waals surface area contributed by atoms with Crippen LogP contribution in [0.15, 0.2) is 48.5 Å². The molecular weight excluding hydrogens is 649 g/mol. The average Bonchev–Trinajstić information content (AvgIpc) is 3.15. The number of phenolic OH excluding ortho intramolecular Hbond substituents is 3. The van der Waals surface area contributed by atoms with Gasteiger partial charge < -0.3 is 15.3 Å². The van der Waals surface area contributed by atoms with Crippen molar-refractivity contribution in [2.24, 2.45) is 0 Å². The van der Waals surface area contributed by atoms with Crippen LogP contribution in [-0.2, 0) is 32.1 Å². The Morgan fingerprint density at radius 1 is 0.321 bits per heavy atom. The molecule has 0 aliphatic rings. The Hall–Kier alpha value is -2.94. The number of hydrogen-bond donors (Lipinski definition) is 3. The molecule has 0 fully saturated rings. The van der Waals surface area contributed by atoms with E-state index >= 15 is 0 Å². The van der Waals surface area contributed by atoms with Gasteiger partial charge in [-0.2, -0.15) is 0 Å². The zero-order chi connectivity index (χ0) is 37.9. The van der Waals surface area contributed by atoms with Crippen LogP contribution < -0.4 is 0 Å². The molecule has 0 aromatic heterocycles. The van der Waals surface area contributed by atoms with E-state index in [1.54, 1.807) is 0 Å². The first kappa shape index (κ1) is 44.5. The van der Waals surface area contributed by atoms with Gasteiger partial charge in [0.15, 0.2) is 0 Å². The molecule has 3 aromatic carbocycles. The number of aromatic hydroxyl groups is 3. The summed E-state index contributed by atoms with van der Waals surface area (Å²) in [5.41, 5.74) is 7.25. The molecule has 0 spiro atoms. The van der Waals surface area contributed by atoms with Gasteiger partial charge in [-0.15, -0.1) is 0 Å². The molecule has 0 atom stereocenters. The van der Waals surface area contributed by atoms with Crippen LogP contribution in [0.25, 0.3) is 0 Å². The fourth-order valence-electron chi connectivity index (χ4n) is 7.92. The molecule has 3 aromatic rings. The molecule has 0 aliphatic carbocycles. The maximum absolute atomic E-state index is 11.8. The van der Waals surface area contributed by atoms with Crippen molar-refractivity contribution in [3.05, 3.63) is 87.5 Å². The maximum atomic E-state index is 11.8. The normalized spacial score (nSPS) is 11.5. The summed E-state index contributed by atoms with van der Waals surface area (Å²) in [5, 5.41) is 33.7. The largest absolute Gasteiger partial charge is 0.508 e. The van der Waals surface area contributed by atoms with Crippen LogP contribution in [0.4, 0.5) is 0 Å². The first-order chi connectivity index (χ1) is 25.9. The quantitative estimate of drug-likeness (QED) is 0.0579. The van der Waals surface area contributed by atoms with E-state index in [0.717, 1.165) is 47.9 Å². The highest BCUT2D eigenvalue weighted by Crippen LogP contribution is 2.34. The van der Waals surface area contributed by atoms with Crippen molar-refractivity contribution in [2.75, 3.05) is 0 Å². The molecule has 3 N–H and O–H groups in total. The third-order valence-corrected chi connectivity index (χ3v) is 11.3. The minimum absolute atomic E-state index is 0.297. The molecule has 0 heterocycles. The lowest BCUT2D eigenvalue weighted by molar-refractivity contribution is 0.456. The smallest absolute Gasteiger partial charge is 0.122 e. The summed E-state index contributed by atoms with van der Waals surface area (Å²) in [5.74, 6) is 0.890. The van der Waals surface area contributed by atoms with Crippen molar-refractivity contribution in [3.8, 4) is 17.2 Å². The number of benzene rings is 3. The summed E-state index contributed by atoms with van der Waals surface area (Å²) in [6.45, 7) is 6.81. The second-order valence-electron chi connectivity index (χ2n) is 16.2. The van der Waals surface area contributed by atoms with Crippen molar-refractivity contribution >= 4 is 0 Å². The topological polar surface area (TPSA) is 60.7 Å². The minimum atomic E-state index is 0.297. The molecule has 0 aliphatic heterocycles. The van der Waals surface area contributed by atoms with Gasteiger partial charge in [0, 0.05) is 12.8 Å². The van der Waals surface area contributed by atoms with Gasteiger partial charge >= 0.3 is 0 Å². The van der Waals surface area contributed by atoms with Crippen LogP contribution in [0.3, 0.4) is 0 Å². The number of phenols is 3. The average molecular weight is 727 g/mol. The van der Waals surface area contributed by atoms with E-state index in [1.165, 1.54) is 164 Å². The van der Waals surface area contributed by atoms with Crippen LogP contribution in [0.5, 0.6) is 17.2 Å². The molecular formula is C50H78O3. The summed E-state index contributed by atoms with van der Waals surface area (Å²) in [7, 11) is 0. The van der Waals surface area contributed by atoms with Crippen molar-refractivity contribution in [3.63, 3.8) is 0 Å². The molecule has 0 saturated carbocycles. The first-order valence-electron chi connectivity index (χ1n) is 22.4. The van der Waals surface area contributed by atoms with Gasteiger partial charge in [-0.1, -0.05) is 192 Å². The standard InChI is InChI=1S/C50H78O3/c1-4-7-10-13-16-19-22-25-28-41-31-33-48(51)44(35-41)39-46-37-43(30-27-24-21-18-15-12-9-6-3)38-47(50(46)53)40-45-36-42(32-34-49(45)52)29-26-23-20-17-14-11-8-5-2/h31-38,51-53H,4-30,39-40H2,1-3H3. The van der Waals surface area contributed by atoms with E-state index in [0.29, 0.717) is 30.1 Å². The lowest BCUT2D eigenvalue weighted by atomic mass is 9.91. The van der Waals surface area contributed by atoms with E-state index in [1.807, 2.05) is 12.1 Å². The Balaban J connectivity index is 1.70. The number of aryl methyl sites for hydroxylation is 3. The second-order valence-corrected chi connectivity index (χ2v) is 16.2. The fraction of sp³-hybridized carbons (Fsp3) is 0.640. The van der Waals surface area contributed by atoms with Gasteiger partial charge in [-0.3, -0.25) is 0 Å². The van der Waals surface area contributed by atoms with Gasteiger partial charge in [0.2, 0.25) is 0 Å². The molecule has 53 heavy (non-hydrogen) atoms. The summed E-state index contributed by atoms with van der Waals surface area (Å²) in [6, 6.07) is 16.5. The second kappa shape index (κ2) is 27.6. The molecule has 0 saturated heterocycles. The molecule has 0 radical (unpaired) electrons. The van der Waals surface area contributed by atoms with E-state index in [9.17, 15) is 15.3 Å². The van der Waals surface area contributed by atoms with E-state index in [-0.39, 0.29) is 0 Å². The van der Waals surface area contributed by atoms with Crippen LogP contribution in [0, 0.1) is 0 Å². The lowest BCUT2D eigenvalue weighted by Crippen LogP contribution is -2.00. The first-order valence-corrected chi connectivity index (χ1v) is 22.4. The number of unbranched alkanes of at least 4 members (excludes halogenated alkanes) is 21. The molecule has 0 unspecified atom stereocenters. The zero-order valence-electron chi connectivity index (χ0n) is 34.5. The van der Waals surface area contributed by atoms with Gasteiger partial charge in [-0.05, 0) is 89.6 Å². The highest BCUT2D eigenvalue weighted by atomic mass is 16.3. The van der Waals surface area contributed by atoms with Crippen LogP contribution in [0.2, 0.25) is 0 Å². The Morgan fingerprint density at radius 3 is 0.943 bits per heavy atom.